The van der Waals surface area contributed by atoms with Crippen LogP contribution in [-0.2, 0) is 0 Å². The van der Waals surface area contributed by atoms with Crippen molar-refractivity contribution in [3.05, 3.63) is 21.8 Å². The first-order valence-electron chi connectivity index (χ1n) is 5.93. The standard InChI is InChI=1S/C13H18INO/c14-11-6-7-13(12(15)8-11)16-9-10-4-2-1-3-5-10/h6-8,10H,1-5,9,15H2. The summed E-state index contributed by atoms with van der Waals surface area (Å²) in [6.07, 6.45) is 6.73. The number of nitrogens with two attached hydrogens (primary N) is 1. The number of benzene rings is 1. The second-order valence-corrected chi connectivity index (χ2v) is 5.74. The van der Waals surface area contributed by atoms with E-state index in [-0.39, 0.29) is 0 Å². The highest BCUT2D eigenvalue weighted by Gasteiger charge is 2.14. The molecule has 0 radical (unpaired) electrons. The Hall–Kier alpha value is -0.450. The van der Waals surface area contributed by atoms with E-state index in [0.29, 0.717) is 0 Å². The SMILES string of the molecule is Nc1cc(I)ccc1OCC1CCCCC1. The van der Waals surface area contributed by atoms with Crippen LogP contribution in [0.25, 0.3) is 0 Å². The molecule has 0 amide bonds. The molecular weight excluding hydrogens is 313 g/mol. The number of anilines is 1. The summed E-state index contributed by atoms with van der Waals surface area (Å²) < 4.78 is 6.96. The molecule has 1 aliphatic carbocycles. The van der Waals surface area contributed by atoms with Gasteiger partial charge in [0.1, 0.15) is 5.75 Å². The Morgan fingerprint density at radius 2 is 2.00 bits per heavy atom. The maximum absolute atomic E-state index is 5.91. The number of nitrogen functional groups attached to an aromatic ring is 1. The van der Waals surface area contributed by atoms with Gasteiger partial charge in [-0.2, -0.15) is 0 Å². The zero-order chi connectivity index (χ0) is 11.4. The van der Waals surface area contributed by atoms with Crippen molar-refractivity contribution in [3.63, 3.8) is 0 Å². The lowest BCUT2D eigenvalue weighted by Crippen LogP contribution is -2.15. The summed E-state index contributed by atoms with van der Waals surface area (Å²) in [6, 6.07) is 5.96. The second-order valence-electron chi connectivity index (χ2n) is 4.50. The summed E-state index contributed by atoms with van der Waals surface area (Å²) >= 11 is 2.26. The zero-order valence-electron chi connectivity index (χ0n) is 9.42. The van der Waals surface area contributed by atoms with E-state index < -0.39 is 0 Å². The Balaban J connectivity index is 1.88. The predicted molar refractivity (Wildman–Crippen MR) is 75.6 cm³/mol. The fraction of sp³-hybridized carbons (Fsp3) is 0.538. The first kappa shape index (κ1) is 12.0. The van der Waals surface area contributed by atoms with E-state index in [4.69, 9.17) is 10.5 Å². The van der Waals surface area contributed by atoms with Crippen LogP contribution < -0.4 is 10.5 Å². The van der Waals surface area contributed by atoms with Crippen LogP contribution in [0.4, 0.5) is 5.69 Å². The molecule has 0 spiro atoms. The fourth-order valence-electron chi connectivity index (χ4n) is 2.21. The van der Waals surface area contributed by atoms with E-state index in [2.05, 4.69) is 22.6 Å². The van der Waals surface area contributed by atoms with Gasteiger partial charge >= 0.3 is 0 Å². The van der Waals surface area contributed by atoms with Gasteiger partial charge in [0.15, 0.2) is 0 Å². The van der Waals surface area contributed by atoms with Crippen molar-refractivity contribution < 1.29 is 4.74 Å². The number of halogens is 1. The fourth-order valence-corrected chi connectivity index (χ4v) is 2.73. The molecule has 1 aromatic rings. The van der Waals surface area contributed by atoms with Gasteiger partial charge in [-0.25, -0.2) is 0 Å². The average Bonchev–Trinajstić information content (AvgIpc) is 2.29. The molecule has 2 rings (SSSR count). The Bertz CT molecular complexity index is 348. The smallest absolute Gasteiger partial charge is 0.142 e. The maximum Gasteiger partial charge on any atom is 0.142 e. The molecule has 2 nitrogen and oxygen atoms in total. The Labute approximate surface area is 111 Å². The van der Waals surface area contributed by atoms with Gasteiger partial charge in [-0.1, -0.05) is 19.3 Å². The van der Waals surface area contributed by atoms with Gasteiger partial charge in [0.05, 0.1) is 12.3 Å². The Morgan fingerprint density at radius 3 is 2.69 bits per heavy atom. The van der Waals surface area contributed by atoms with Crippen LogP contribution in [0.3, 0.4) is 0 Å². The number of hydrogen-bond donors (Lipinski definition) is 1. The van der Waals surface area contributed by atoms with Gasteiger partial charge in [0.25, 0.3) is 0 Å². The van der Waals surface area contributed by atoms with Crippen molar-refractivity contribution >= 4 is 28.3 Å². The molecule has 0 unspecified atom stereocenters. The minimum absolute atomic E-state index is 0.729. The highest BCUT2D eigenvalue weighted by molar-refractivity contribution is 14.1. The maximum atomic E-state index is 5.91. The third-order valence-electron chi connectivity index (χ3n) is 3.17. The molecule has 0 saturated heterocycles. The van der Waals surface area contributed by atoms with E-state index in [1.165, 1.54) is 32.1 Å². The van der Waals surface area contributed by atoms with Crippen molar-refractivity contribution in [1.29, 1.82) is 0 Å². The topological polar surface area (TPSA) is 35.2 Å². The molecule has 2 N–H and O–H groups in total. The molecule has 3 heteroatoms. The van der Waals surface area contributed by atoms with Crippen LogP contribution in [-0.4, -0.2) is 6.61 Å². The van der Waals surface area contributed by atoms with Crippen molar-refractivity contribution in [2.45, 2.75) is 32.1 Å². The van der Waals surface area contributed by atoms with Crippen LogP contribution >= 0.6 is 22.6 Å². The van der Waals surface area contributed by atoms with E-state index in [0.717, 1.165) is 27.5 Å². The highest BCUT2D eigenvalue weighted by atomic mass is 127. The van der Waals surface area contributed by atoms with Gasteiger partial charge in [0.2, 0.25) is 0 Å². The molecule has 1 aliphatic rings. The van der Waals surface area contributed by atoms with E-state index in [1.807, 2.05) is 18.2 Å². The third kappa shape index (κ3) is 3.27. The molecule has 16 heavy (non-hydrogen) atoms. The lowest BCUT2D eigenvalue weighted by molar-refractivity contribution is 0.209. The molecule has 1 fully saturated rings. The molecule has 0 bridgehead atoms. The van der Waals surface area contributed by atoms with Crippen LogP contribution in [0.5, 0.6) is 5.75 Å². The summed E-state index contributed by atoms with van der Waals surface area (Å²) in [7, 11) is 0. The molecule has 0 heterocycles. The van der Waals surface area contributed by atoms with Gasteiger partial charge in [-0.3, -0.25) is 0 Å². The zero-order valence-corrected chi connectivity index (χ0v) is 11.6. The molecule has 1 saturated carbocycles. The molecule has 0 aliphatic heterocycles. The van der Waals surface area contributed by atoms with E-state index >= 15 is 0 Å². The number of ether oxygens (including phenoxy) is 1. The average molecular weight is 331 g/mol. The van der Waals surface area contributed by atoms with Gasteiger partial charge in [-0.05, 0) is 59.5 Å². The number of hydrogen-bond acceptors (Lipinski definition) is 2. The lowest BCUT2D eigenvalue weighted by atomic mass is 9.90. The molecular formula is C13H18INO. The van der Waals surface area contributed by atoms with Gasteiger partial charge in [0, 0.05) is 3.57 Å². The summed E-state index contributed by atoms with van der Waals surface area (Å²) in [5, 5.41) is 0. The van der Waals surface area contributed by atoms with Gasteiger partial charge < -0.3 is 10.5 Å². The second kappa shape index (κ2) is 5.75. The molecule has 88 valence electrons. The first-order valence-corrected chi connectivity index (χ1v) is 7.01. The Morgan fingerprint density at radius 1 is 1.25 bits per heavy atom. The largest absolute Gasteiger partial charge is 0.491 e. The summed E-state index contributed by atoms with van der Waals surface area (Å²) in [6.45, 7) is 0.824. The van der Waals surface area contributed by atoms with Crippen molar-refractivity contribution in [2.75, 3.05) is 12.3 Å². The van der Waals surface area contributed by atoms with Crippen molar-refractivity contribution in [2.24, 2.45) is 5.92 Å². The number of rotatable bonds is 3. The van der Waals surface area contributed by atoms with Crippen LogP contribution in [0.15, 0.2) is 18.2 Å². The van der Waals surface area contributed by atoms with Crippen LogP contribution in [0.2, 0.25) is 0 Å². The van der Waals surface area contributed by atoms with Crippen molar-refractivity contribution in [1.82, 2.24) is 0 Å². The van der Waals surface area contributed by atoms with Crippen molar-refractivity contribution in [3.8, 4) is 5.75 Å². The van der Waals surface area contributed by atoms with Gasteiger partial charge in [-0.15, -0.1) is 0 Å². The minimum atomic E-state index is 0.729. The highest BCUT2D eigenvalue weighted by Crippen LogP contribution is 2.27. The molecule has 0 aromatic heterocycles. The molecule has 1 aromatic carbocycles. The molecule has 0 atom stereocenters. The normalized spacial score (nSPS) is 17.3. The van der Waals surface area contributed by atoms with Crippen LogP contribution in [0.1, 0.15) is 32.1 Å². The van der Waals surface area contributed by atoms with E-state index in [1.54, 1.807) is 0 Å². The minimum Gasteiger partial charge on any atom is -0.491 e. The monoisotopic (exact) mass is 331 g/mol. The predicted octanol–water partition coefficient (Wildman–Crippen LogP) is 3.83. The van der Waals surface area contributed by atoms with Crippen LogP contribution in [0, 0.1) is 9.49 Å². The summed E-state index contributed by atoms with van der Waals surface area (Å²) in [5.74, 6) is 1.57. The third-order valence-corrected chi connectivity index (χ3v) is 3.84. The quantitative estimate of drug-likeness (QED) is 0.675. The lowest BCUT2D eigenvalue weighted by Gasteiger charge is -2.22. The van der Waals surface area contributed by atoms with E-state index in [9.17, 15) is 0 Å². The summed E-state index contributed by atoms with van der Waals surface area (Å²) in [4.78, 5) is 0. The Kier molecular flexibility index (Phi) is 4.32. The first-order chi connectivity index (χ1) is 7.75. The summed E-state index contributed by atoms with van der Waals surface area (Å²) in [5.41, 5.74) is 6.66.